The summed E-state index contributed by atoms with van der Waals surface area (Å²) in [7, 11) is 0. The van der Waals surface area contributed by atoms with Gasteiger partial charge in [-0.1, -0.05) is 13.8 Å². The van der Waals surface area contributed by atoms with Gasteiger partial charge in [-0.05, 0) is 17.5 Å². The second-order valence-electron chi connectivity index (χ2n) is 4.74. The molecule has 1 N–H and O–H groups in total. The molecule has 2 rings (SSSR count). The molecule has 0 unspecified atom stereocenters. The van der Waals surface area contributed by atoms with Crippen molar-refractivity contribution in [1.29, 1.82) is 0 Å². The standard InChI is InChI=1S/C12H15N3O2/c1-12(2,8-16)6-10-14-15-11(17-10)9-4-3-5-13-7-9/h3-5,7,16H,6,8H2,1-2H3. The molecule has 0 saturated carbocycles. The Bertz CT molecular complexity index is 480. The van der Waals surface area contributed by atoms with Crippen molar-refractivity contribution in [3.05, 3.63) is 30.4 Å². The van der Waals surface area contributed by atoms with Gasteiger partial charge < -0.3 is 9.52 Å². The van der Waals surface area contributed by atoms with Gasteiger partial charge >= 0.3 is 0 Å². The fourth-order valence-electron chi connectivity index (χ4n) is 1.40. The lowest BCUT2D eigenvalue weighted by Gasteiger charge is -2.18. The molecule has 0 aromatic carbocycles. The van der Waals surface area contributed by atoms with E-state index >= 15 is 0 Å². The van der Waals surface area contributed by atoms with Crippen LogP contribution in [0.15, 0.2) is 28.9 Å². The van der Waals surface area contributed by atoms with Crippen LogP contribution in [-0.2, 0) is 6.42 Å². The molecule has 0 atom stereocenters. The van der Waals surface area contributed by atoms with E-state index in [4.69, 9.17) is 4.42 Å². The van der Waals surface area contributed by atoms with E-state index in [1.165, 1.54) is 0 Å². The van der Waals surface area contributed by atoms with Gasteiger partial charge in [0, 0.05) is 25.4 Å². The van der Waals surface area contributed by atoms with Gasteiger partial charge in [-0.15, -0.1) is 10.2 Å². The lowest BCUT2D eigenvalue weighted by atomic mass is 9.91. The highest BCUT2D eigenvalue weighted by Crippen LogP contribution is 2.22. The van der Waals surface area contributed by atoms with E-state index in [0.29, 0.717) is 18.2 Å². The first-order chi connectivity index (χ1) is 8.11. The Kier molecular flexibility index (Phi) is 3.19. The summed E-state index contributed by atoms with van der Waals surface area (Å²) in [6.45, 7) is 3.97. The van der Waals surface area contributed by atoms with Gasteiger partial charge in [-0.25, -0.2) is 0 Å². The summed E-state index contributed by atoms with van der Waals surface area (Å²) >= 11 is 0. The van der Waals surface area contributed by atoms with E-state index in [2.05, 4.69) is 15.2 Å². The first-order valence-electron chi connectivity index (χ1n) is 5.44. The Morgan fingerprint density at radius 3 is 2.82 bits per heavy atom. The molecular weight excluding hydrogens is 218 g/mol. The van der Waals surface area contributed by atoms with Crippen molar-refractivity contribution in [3.63, 3.8) is 0 Å². The molecule has 0 bridgehead atoms. The van der Waals surface area contributed by atoms with Crippen LogP contribution >= 0.6 is 0 Å². The van der Waals surface area contributed by atoms with Crippen molar-refractivity contribution in [2.24, 2.45) is 5.41 Å². The van der Waals surface area contributed by atoms with Gasteiger partial charge in [0.15, 0.2) is 0 Å². The minimum absolute atomic E-state index is 0.0810. The SMILES string of the molecule is CC(C)(CO)Cc1nnc(-c2cccnc2)o1. The highest BCUT2D eigenvalue weighted by Gasteiger charge is 2.21. The van der Waals surface area contributed by atoms with Crippen LogP contribution in [0.1, 0.15) is 19.7 Å². The van der Waals surface area contributed by atoms with E-state index in [-0.39, 0.29) is 12.0 Å². The maximum absolute atomic E-state index is 9.18. The van der Waals surface area contributed by atoms with Gasteiger partial charge in [-0.2, -0.15) is 0 Å². The fraction of sp³-hybridized carbons (Fsp3) is 0.417. The van der Waals surface area contributed by atoms with E-state index in [1.54, 1.807) is 12.4 Å². The van der Waals surface area contributed by atoms with Gasteiger partial charge in [0.25, 0.3) is 0 Å². The third kappa shape index (κ3) is 2.88. The zero-order valence-corrected chi connectivity index (χ0v) is 9.92. The van der Waals surface area contributed by atoms with Crippen LogP contribution in [0.5, 0.6) is 0 Å². The second kappa shape index (κ2) is 4.63. The second-order valence-corrected chi connectivity index (χ2v) is 4.74. The van der Waals surface area contributed by atoms with Crippen molar-refractivity contribution >= 4 is 0 Å². The zero-order valence-electron chi connectivity index (χ0n) is 9.92. The van der Waals surface area contributed by atoms with E-state index in [0.717, 1.165) is 5.56 Å². The van der Waals surface area contributed by atoms with Crippen molar-refractivity contribution in [1.82, 2.24) is 15.2 Å². The van der Waals surface area contributed by atoms with Gasteiger partial charge in [0.2, 0.25) is 11.8 Å². The van der Waals surface area contributed by atoms with Crippen LogP contribution in [0.3, 0.4) is 0 Å². The average molecular weight is 233 g/mol. The van der Waals surface area contributed by atoms with Crippen LogP contribution in [0.4, 0.5) is 0 Å². The summed E-state index contributed by atoms with van der Waals surface area (Å²) < 4.78 is 5.53. The van der Waals surface area contributed by atoms with Crippen LogP contribution in [0, 0.1) is 5.41 Å². The van der Waals surface area contributed by atoms with Gasteiger partial charge in [0.1, 0.15) is 0 Å². The molecule has 2 aromatic rings. The molecule has 5 nitrogen and oxygen atoms in total. The molecule has 2 heterocycles. The number of aromatic nitrogens is 3. The highest BCUT2D eigenvalue weighted by atomic mass is 16.4. The van der Waals surface area contributed by atoms with Crippen LogP contribution < -0.4 is 0 Å². The minimum atomic E-state index is -0.251. The fourth-order valence-corrected chi connectivity index (χ4v) is 1.40. The Morgan fingerprint density at radius 2 is 2.18 bits per heavy atom. The zero-order chi connectivity index (χ0) is 12.3. The number of pyridine rings is 1. The molecule has 90 valence electrons. The molecule has 0 aliphatic heterocycles. The van der Waals surface area contributed by atoms with Crippen LogP contribution in [-0.4, -0.2) is 26.9 Å². The number of aliphatic hydroxyl groups excluding tert-OH is 1. The number of hydrogen-bond acceptors (Lipinski definition) is 5. The first-order valence-corrected chi connectivity index (χ1v) is 5.44. The maximum atomic E-state index is 9.18. The Morgan fingerprint density at radius 1 is 1.35 bits per heavy atom. The quantitative estimate of drug-likeness (QED) is 0.870. The summed E-state index contributed by atoms with van der Waals surface area (Å²) in [4.78, 5) is 3.99. The molecule has 0 radical (unpaired) electrons. The van der Waals surface area contributed by atoms with E-state index < -0.39 is 0 Å². The summed E-state index contributed by atoms with van der Waals surface area (Å²) in [5.41, 5.74) is 0.548. The molecule has 0 fully saturated rings. The van der Waals surface area contributed by atoms with Gasteiger partial charge in [0.05, 0.1) is 5.56 Å². The van der Waals surface area contributed by atoms with Crippen molar-refractivity contribution < 1.29 is 9.52 Å². The average Bonchev–Trinajstić information content (AvgIpc) is 2.78. The number of hydrogen-bond donors (Lipinski definition) is 1. The normalized spacial score (nSPS) is 11.7. The molecule has 17 heavy (non-hydrogen) atoms. The third-order valence-electron chi connectivity index (χ3n) is 2.43. The lowest BCUT2D eigenvalue weighted by molar-refractivity contribution is 0.152. The molecule has 0 spiro atoms. The van der Waals surface area contributed by atoms with Gasteiger partial charge in [-0.3, -0.25) is 4.98 Å². The molecule has 0 saturated heterocycles. The molecule has 0 aliphatic rings. The van der Waals surface area contributed by atoms with E-state index in [1.807, 2.05) is 26.0 Å². The number of rotatable bonds is 4. The lowest BCUT2D eigenvalue weighted by Crippen LogP contribution is -2.19. The molecular formula is C12H15N3O2. The summed E-state index contributed by atoms with van der Waals surface area (Å²) in [5.74, 6) is 0.991. The molecule has 2 aromatic heterocycles. The monoisotopic (exact) mass is 233 g/mol. The predicted octanol–water partition coefficient (Wildman–Crippen LogP) is 1.69. The number of nitrogens with zero attached hydrogens (tertiary/aromatic N) is 3. The molecule has 0 aliphatic carbocycles. The Balaban J connectivity index is 2.17. The molecule has 0 amide bonds. The first kappa shape index (κ1) is 11.7. The highest BCUT2D eigenvalue weighted by molar-refractivity contribution is 5.49. The van der Waals surface area contributed by atoms with E-state index in [9.17, 15) is 5.11 Å². The topological polar surface area (TPSA) is 72.0 Å². The van der Waals surface area contributed by atoms with Crippen LogP contribution in [0.2, 0.25) is 0 Å². The molecule has 5 heteroatoms. The Labute approximate surface area is 99.5 Å². The maximum Gasteiger partial charge on any atom is 0.249 e. The third-order valence-corrected chi connectivity index (χ3v) is 2.43. The van der Waals surface area contributed by atoms with Crippen LogP contribution in [0.25, 0.3) is 11.5 Å². The summed E-state index contributed by atoms with van der Waals surface area (Å²) in [5, 5.41) is 17.1. The smallest absolute Gasteiger partial charge is 0.249 e. The Hall–Kier alpha value is -1.75. The summed E-state index contributed by atoms with van der Waals surface area (Å²) in [6.07, 6.45) is 3.92. The van der Waals surface area contributed by atoms with Crippen molar-refractivity contribution in [2.45, 2.75) is 20.3 Å². The number of aliphatic hydroxyl groups is 1. The predicted molar refractivity (Wildman–Crippen MR) is 62.1 cm³/mol. The van der Waals surface area contributed by atoms with Crippen molar-refractivity contribution in [3.8, 4) is 11.5 Å². The largest absolute Gasteiger partial charge is 0.421 e. The summed E-state index contributed by atoms with van der Waals surface area (Å²) in [6, 6.07) is 3.68. The van der Waals surface area contributed by atoms with Crippen molar-refractivity contribution in [2.75, 3.05) is 6.61 Å². The minimum Gasteiger partial charge on any atom is -0.421 e.